The zero-order valence-electron chi connectivity index (χ0n) is 11.4. The van der Waals surface area contributed by atoms with E-state index >= 15 is 0 Å². The number of hydrogen-bond donors (Lipinski definition) is 1. The normalized spacial score (nSPS) is 11.0. The molecule has 2 rings (SSSR count). The average Bonchev–Trinajstić information content (AvgIpc) is 2.92. The molecule has 114 valence electrons. The second-order valence-corrected chi connectivity index (χ2v) is 4.15. The number of alkyl halides is 2. The van der Waals surface area contributed by atoms with Gasteiger partial charge in [-0.1, -0.05) is 0 Å². The average molecular weight is 299 g/mol. The van der Waals surface area contributed by atoms with Crippen molar-refractivity contribution in [2.75, 3.05) is 26.1 Å². The highest BCUT2D eigenvalue weighted by molar-refractivity contribution is 5.65. The Labute approximate surface area is 119 Å². The van der Waals surface area contributed by atoms with Crippen LogP contribution in [0.4, 0.5) is 14.5 Å². The van der Waals surface area contributed by atoms with E-state index in [4.69, 9.17) is 15.2 Å². The highest BCUT2D eigenvalue weighted by Crippen LogP contribution is 2.27. The lowest BCUT2D eigenvalue weighted by molar-refractivity contribution is 0.0140. The van der Waals surface area contributed by atoms with Crippen molar-refractivity contribution < 1.29 is 18.3 Å². The summed E-state index contributed by atoms with van der Waals surface area (Å²) in [4.78, 5) is 0. The predicted octanol–water partition coefficient (Wildman–Crippen LogP) is 1.21. The lowest BCUT2D eigenvalue weighted by atomic mass is 10.2. The summed E-state index contributed by atoms with van der Waals surface area (Å²) in [5.41, 5.74) is 6.95. The van der Waals surface area contributed by atoms with Crippen molar-refractivity contribution in [3.8, 4) is 17.1 Å². The second kappa shape index (κ2) is 6.93. The number of aromatic nitrogens is 4. The van der Waals surface area contributed by atoms with Gasteiger partial charge in [0.25, 0.3) is 6.43 Å². The Balaban J connectivity index is 2.09. The zero-order valence-corrected chi connectivity index (χ0v) is 11.4. The van der Waals surface area contributed by atoms with Gasteiger partial charge in [0.05, 0.1) is 25.9 Å². The lowest BCUT2D eigenvalue weighted by Crippen LogP contribution is -2.12. The summed E-state index contributed by atoms with van der Waals surface area (Å²) in [5.74, 6) is 0.991. The van der Waals surface area contributed by atoms with Crippen LogP contribution in [0.1, 0.15) is 0 Å². The Hall–Kier alpha value is -2.29. The molecule has 0 saturated carbocycles. The number of hydrogen-bond acceptors (Lipinski definition) is 6. The van der Waals surface area contributed by atoms with Gasteiger partial charge in [0, 0.05) is 5.56 Å². The smallest absolute Gasteiger partial charge is 0.261 e. The molecule has 0 atom stereocenters. The molecule has 0 unspecified atom stereocenters. The van der Waals surface area contributed by atoms with E-state index in [0.29, 0.717) is 22.8 Å². The largest absolute Gasteiger partial charge is 0.495 e. The van der Waals surface area contributed by atoms with E-state index < -0.39 is 13.0 Å². The molecule has 0 aliphatic heterocycles. The zero-order chi connectivity index (χ0) is 15.2. The number of halogens is 2. The van der Waals surface area contributed by atoms with Gasteiger partial charge in [0.2, 0.25) is 0 Å². The van der Waals surface area contributed by atoms with Gasteiger partial charge in [0.15, 0.2) is 5.82 Å². The fourth-order valence-electron chi connectivity index (χ4n) is 1.74. The molecule has 9 heteroatoms. The minimum Gasteiger partial charge on any atom is -0.495 e. The van der Waals surface area contributed by atoms with Crippen molar-refractivity contribution in [2.45, 2.75) is 13.0 Å². The molecule has 1 heterocycles. The monoisotopic (exact) mass is 299 g/mol. The maximum Gasteiger partial charge on any atom is 0.261 e. The van der Waals surface area contributed by atoms with Gasteiger partial charge in [-0.05, 0) is 28.6 Å². The fourth-order valence-corrected chi connectivity index (χ4v) is 1.74. The molecule has 0 aliphatic carbocycles. The van der Waals surface area contributed by atoms with Crippen LogP contribution < -0.4 is 10.5 Å². The van der Waals surface area contributed by atoms with Crippen LogP contribution in [0, 0.1) is 0 Å². The van der Waals surface area contributed by atoms with Gasteiger partial charge in [-0.3, -0.25) is 0 Å². The maximum absolute atomic E-state index is 12.0. The second-order valence-electron chi connectivity index (χ2n) is 4.15. The Bertz CT molecular complexity index is 591. The first-order chi connectivity index (χ1) is 10.1. The van der Waals surface area contributed by atoms with Gasteiger partial charge >= 0.3 is 0 Å². The Morgan fingerprint density at radius 1 is 1.38 bits per heavy atom. The molecule has 0 fully saturated rings. The first-order valence-electron chi connectivity index (χ1n) is 6.17. The topological polar surface area (TPSA) is 88.1 Å². The quantitative estimate of drug-likeness (QED) is 0.611. The number of tetrazole rings is 1. The molecule has 2 N–H and O–H groups in total. The van der Waals surface area contributed by atoms with Crippen molar-refractivity contribution in [1.82, 2.24) is 20.2 Å². The van der Waals surface area contributed by atoms with E-state index in [1.807, 2.05) is 0 Å². The number of nitrogens with two attached hydrogens (primary N) is 1. The number of nitrogen functional groups attached to an aromatic ring is 1. The van der Waals surface area contributed by atoms with Crippen LogP contribution in [0.25, 0.3) is 11.4 Å². The number of anilines is 1. The molecule has 0 aliphatic rings. The van der Waals surface area contributed by atoms with Crippen LogP contribution >= 0.6 is 0 Å². The molecular formula is C12H15F2N5O2. The third-order valence-corrected chi connectivity index (χ3v) is 2.71. The first-order valence-corrected chi connectivity index (χ1v) is 6.17. The maximum atomic E-state index is 12.0. The Morgan fingerprint density at radius 2 is 2.19 bits per heavy atom. The molecule has 0 radical (unpaired) electrons. The molecule has 1 aromatic carbocycles. The van der Waals surface area contributed by atoms with E-state index in [1.54, 1.807) is 18.2 Å². The van der Waals surface area contributed by atoms with Gasteiger partial charge in [0.1, 0.15) is 12.4 Å². The molecule has 1 aromatic heterocycles. The van der Waals surface area contributed by atoms with Gasteiger partial charge in [-0.2, -0.15) is 0 Å². The minimum absolute atomic E-state index is 0.0918. The van der Waals surface area contributed by atoms with Gasteiger partial charge < -0.3 is 15.2 Å². The number of ether oxygens (including phenoxy) is 2. The summed E-state index contributed by atoms with van der Waals surface area (Å²) >= 11 is 0. The Morgan fingerprint density at radius 3 is 2.90 bits per heavy atom. The van der Waals surface area contributed by atoms with Crippen molar-refractivity contribution >= 4 is 5.69 Å². The number of rotatable bonds is 7. The summed E-state index contributed by atoms with van der Waals surface area (Å²) < 4.78 is 35.4. The molecule has 21 heavy (non-hydrogen) atoms. The highest BCUT2D eigenvalue weighted by Gasteiger charge is 2.11. The Kier molecular flexibility index (Phi) is 4.99. The van der Waals surface area contributed by atoms with Crippen LogP contribution in [0.3, 0.4) is 0 Å². The standard InChI is InChI=1S/C12H15F2N5O2/c1-20-10-6-8(2-3-9(10)15)12-16-17-18-19(12)4-5-21-7-11(13)14/h2-3,6,11H,4-5,7,15H2,1H3. The molecular weight excluding hydrogens is 284 g/mol. The number of benzene rings is 1. The summed E-state index contributed by atoms with van der Waals surface area (Å²) in [6.07, 6.45) is -2.49. The van der Waals surface area contributed by atoms with Crippen LogP contribution in [0.15, 0.2) is 18.2 Å². The van der Waals surface area contributed by atoms with E-state index in [9.17, 15) is 8.78 Å². The van der Waals surface area contributed by atoms with E-state index in [1.165, 1.54) is 11.8 Å². The predicted molar refractivity (Wildman–Crippen MR) is 71.0 cm³/mol. The van der Waals surface area contributed by atoms with E-state index in [-0.39, 0.29) is 13.2 Å². The molecule has 0 saturated heterocycles. The molecule has 7 nitrogen and oxygen atoms in total. The first kappa shape index (κ1) is 15.1. The van der Waals surface area contributed by atoms with Crippen molar-refractivity contribution in [3.63, 3.8) is 0 Å². The summed E-state index contributed by atoms with van der Waals surface area (Å²) in [7, 11) is 1.51. The summed E-state index contributed by atoms with van der Waals surface area (Å²) in [6.45, 7) is -0.247. The molecule has 0 bridgehead atoms. The minimum atomic E-state index is -2.49. The lowest BCUT2D eigenvalue weighted by Gasteiger charge is -2.08. The van der Waals surface area contributed by atoms with Gasteiger partial charge in [-0.15, -0.1) is 5.10 Å². The fraction of sp³-hybridized carbons (Fsp3) is 0.417. The SMILES string of the molecule is COc1cc(-c2nnnn2CCOCC(F)F)ccc1N. The van der Waals surface area contributed by atoms with Crippen LogP contribution in [0.2, 0.25) is 0 Å². The van der Waals surface area contributed by atoms with Crippen molar-refractivity contribution in [1.29, 1.82) is 0 Å². The van der Waals surface area contributed by atoms with Crippen molar-refractivity contribution in [3.05, 3.63) is 18.2 Å². The number of nitrogens with zero attached hydrogens (tertiary/aromatic N) is 4. The van der Waals surface area contributed by atoms with Gasteiger partial charge in [-0.25, -0.2) is 13.5 Å². The van der Waals surface area contributed by atoms with Crippen LogP contribution in [-0.2, 0) is 11.3 Å². The van der Waals surface area contributed by atoms with Crippen LogP contribution in [-0.4, -0.2) is 47.0 Å². The van der Waals surface area contributed by atoms with E-state index in [2.05, 4.69) is 15.5 Å². The summed E-state index contributed by atoms with van der Waals surface area (Å²) in [5, 5.41) is 11.3. The highest BCUT2D eigenvalue weighted by atomic mass is 19.3. The third-order valence-electron chi connectivity index (χ3n) is 2.71. The third kappa shape index (κ3) is 3.85. The van der Waals surface area contributed by atoms with Crippen LogP contribution in [0.5, 0.6) is 5.75 Å². The molecule has 0 spiro atoms. The summed E-state index contributed by atoms with van der Waals surface area (Å²) in [6, 6.07) is 5.14. The van der Waals surface area contributed by atoms with E-state index in [0.717, 1.165) is 0 Å². The number of methoxy groups -OCH3 is 1. The molecule has 0 amide bonds. The molecule has 2 aromatic rings. The van der Waals surface area contributed by atoms with Crippen molar-refractivity contribution in [2.24, 2.45) is 0 Å².